The number of halogens is 6. The molecule has 0 amide bonds. The molecule has 7 rings (SSSR count). The maximum Gasteiger partial charge on any atom is 0.0130 e. The molecule has 0 atom stereocenters. The number of rotatable bonds is 6. The van der Waals surface area contributed by atoms with E-state index in [9.17, 15) is 0 Å². The van der Waals surface area contributed by atoms with Crippen molar-refractivity contribution in [2.24, 2.45) is 0 Å². The summed E-state index contributed by atoms with van der Waals surface area (Å²) >= 11 is 14.4. The van der Waals surface area contributed by atoms with Crippen molar-refractivity contribution in [3.8, 4) is 0 Å². The van der Waals surface area contributed by atoms with Crippen molar-refractivity contribution in [3.63, 3.8) is 0 Å². The van der Waals surface area contributed by atoms with Crippen molar-refractivity contribution in [3.05, 3.63) is 217 Å². The van der Waals surface area contributed by atoms with Crippen LogP contribution in [0, 0.1) is 21.4 Å². The van der Waals surface area contributed by atoms with Gasteiger partial charge in [-0.3, -0.25) is 0 Å². The summed E-state index contributed by atoms with van der Waals surface area (Å²) in [5.74, 6) is 0. The van der Waals surface area contributed by atoms with Gasteiger partial charge in [0.15, 0.2) is 0 Å². The van der Waals surface area contributed by atoms with E-state index in [1.165, 1.54) is 88.2 Å². The first-order chi connectivity index (χ1) is 23.3. The summed E-state index contributed by atoms with van der Waals surface area (Å²) in [5.41, 5.74) is 15.0. The molecule has 1 fully saturated rings. The average Bonchev–Trinajstić information content (AvgIpc) is 3.79. The third-order valence-corrected chi connectivity index (χ3v) is 12.5. The summed E-state index contributed by atoms with van der Waals surface area (Å²) in [7, 11) is 0. The Morgan fingerprint density at radius 2 is 0.333 bits per heavy atom. The SMILES string of the molecule is Ic1ccc(C(=C2C(=C(c3ccc(I)cc3)c3ccc(I)cc3)C2=C(c2ccc(I)cc2)c2ccc(I)cc2)c2ccc(I)cc2)cc1. The lowest BCUT2D eigenvalue weighted by atomic mass is 9.94. The minimum absolute atomic E-state index is 1.22. The van der Waals surface area contributed by atoms with Crippen molar-refractivity contribution in [2.75, 3.05) is 0 Å². The molecule has 0 radical (unpaired) electrons. The quantitative estimate of drug-likeness (QED) is 0.146. The second-order valence-electron chi connectivity index (χ2n) is 11.3. The van der Waals surface area contributed by atoms with Crippen LogP contribution in [0.4, 0.5) is 0 Å². The lowest BCUT2D eigenvalue weighted by Crippen LogP contribution is -1.91. The Morgan fingerprint density at radius 1 is 0.208 bits per heavy atom. The highest BCUT2D eigenvalue weighted by Gasteiger charge is 2.41. The Labute approximate surface area is 363 Å². The first-order valence-electron chi connectivity index (χ1n) is 15.1. The first kappa shape index (κ1) is 35.3. The monoisotopic (exact) mass is 1290 g/mol. The second kappa shape index (κ2) is 15.7. The van der Waals surface area contributed by atoms with Crippen LogP contribution >= 0.6 is 136 Å². The molecule has 0 aliphatic heterocycles. The van der Waals surface area contributed by atoms with Crippen LogP contribution in [0.25, 0.3) is 16.7 Å². The second-order valence-corrected chi connectivity index (χ2v) is 18.8. The fraction of sp³-hybridized carbons (Fsp3) is 0. The first-order valence-corrected chi connectivity index (χ1v) is 21.5. The van der Waals surface area contributed by atoms with Crippen LogP contribution in [0.3, 0.4) is 0 Å². The highest BCUT2D eigenvalue weighted by atomic mass is 127. The van der Waals surface area contributed by atoms with Gasteiger partial charge in [-0.25, -0.2) is 0 Å². The number of hydrogen-bond acceptors (Lipinski definition) is 0. The Balaban J connectivity index is 1.68. The van der Waals surface area contributed by atoms with Crippen molar-refractivity contribution >= 4 is 152 Å². The molecule has 0 nitrogen and oxygen atoms in total. The lowest BCUT2D eigenvalue weighted by molar-refractivity contribution is 1.50. The molecule has 6 aromatic carbocycles. The van der Waals surface area contributed by atoms with E-state index in [1.54, 1.807) is 0 Å². The van der Waals surface area contributed by atoms with Gasteiger partial charge in [0.2, 0.25) is 0 Å². The van der Waals surface area contributed by atoms with Gasteiger partial charge in [0.05, 0.1) is 0 Å². The highest BCUT2D eigenvalue weighted by Crippen LogP contribution is 2.59. The van der Waals surface area contributed by atoms with Gasteiger partial charge >= 0.3 is 0 Å². The predicted molar refractivity (Wildman–Crippen MR) is 253 cm³/mol. The number of benzene rings is 6. The van der Waals surface area contributed by atoms with Gasteiger partial charge in [-0.1, -0.05) is 72.8 Å². The van der Waals surface area contributed by atoms with Gasteiger partial charge in [-0.2, -0.15) is 0 Å². The van der Waals surface area contributed by atoms with Crippen LogP contribution in [0.5, 0.6) is 0 Å². The Hall–Kier alpha value is -1.08. The molecule has 234 valence electrons. The van der Waals surface area contributed by atoms with E-state index >= 15 is 0 Å². The van der Waals surface area contributed by atoms with Crippen LogP contribution in [-0.4, -0.2) is 0 Å². The number of allylic oxidation sites excluding steroid dienone is 3. The molecule has 1 aliphatic carbocycles. The van der Waals surface area contributed by atoms with Gasteiger partial charge in [-0.05, 0) is 275 Å². The standard InChI is InChI=1S/C42H24I6/c43-31-13-1-25(2-14-31)37(26-3-15-32(44)16-4-26)40-41(38(27-5-17-33(45)18-6-27)28-7-19-34(46)20-8-28)42(40)39(29-9-21-35(47)22-10-29)30-11-23-36(48)24-12-30/h1-24H. The summed E-state index contributed by atoms with van der Waals surface area (Å²) in [6.45, 7) is 0. The van der Waals surface area contributed by atoms with Crippen molar-refractivity contribution in [1.82, 2.24) is 0 Å². The van der Waals surface area contributed by atoms with E-state index in [0.717, 1.165) is 0 Å². The molecular weight excluding hydrogens is 1270 g/mol. The summed E-state index contributed by atoms with van der Waals surface area (Å²) in [6.07, 6.45) is 0. The third-order valence-electron chi connectivity index (χ3n) is 8.23. The Bertz CT molecular complexity index is 1790. The molecule has 0 heterocycles. The number of hydrogen-bond donors (Lipinski definition) is 0. The van der Waals surface area contributed by atoms with Crippen LogP contribution in [0.2, 0.25) is 0 Å². The zero-order valence-corrected chi connectivity index (χ0v) is 38.1. The molecular formula is C42H24I6. The fourth-order valence-corrected chi connectivity index (χ4v) is 8.16. The van der Waals surface area contributed by atoms with E-state index in [-0.39, 0.29) is 0 Å². The molecule has 0 spiro atoms. The molecule has 6 heteroatoms. The molecule has 0 unspecified atom stereocenters. The maximum atomic E-state index is 2.40. The normalized spacial score (nSPS) is 12.2. The molecule has 0 aromatic heterocycles. The van der Waals surface area contributed by atoms with Crippen LogP contribution in [0.15, 0.2) is 162 Å². The van der Waals surface area contributed by atoms with Gasteiger partial charge in [0.25, 0.3) is 0 Å². The fourth-order valence-electron chi connectivity index (χ4n) is 6.00. The zero-order valence-electron chi connectivity index (χ0n) is 25.1. The van der Waals surface area contributed by atoms with Gasteiger partial charge in [0.1, 0.15) is 0 Å². The highest BCUT2D eigenvalue weighted by molar-refractivity contribution is 14.1. The minimum atomic E-state index is 1.22. The summed E-state index contributed by atoms with van der Waals surface area (Å²) in [5, 5.41) is 0. The van der Waals surface area contributed by atoms with E-state index in [0.29, 0.717) is 0 Å². The lowest BCUT2D eigenvalue weighted by Gasteiger charge is -2.11. The summed E-state index contributed by atoms with van der Waals surface area (Å²) in [4.78, 5) is 0. The minimum Gasteiger partial charge on any atom is -0.0533 e. The average molecular weight is 1290 g/mol. The third kappa shape index (κ3) is 7.87. The van der Waals surface area contributed by atoms with Crippen LogP contribution < -0.4 is 0 Å². The largest absolute Gasteiger partial charge is 0.0533 e. The van der Waals surface area contributed by atoms with E-state index in [1.807, 2.05) is 0 Å². The molecule has 6 aromatic rings. The Morgan fingerprint density at radius 3 is 0.458 bits per heavy atom. The summed E-state index contributed by atoms with van der Waals surface area (Å²) < 4.78 is 7.35. The smallest absolute Gasteiger partial charge is 0.0130 e. The Kier molecular flexibility index (Phi) is 11.5. The van der Waals surface area contributed by atoms with Crippen molar-refractivity contribution < 1.29 is 0 Å². The molecule has 48 heavy (non-hydrogen) atoms. The van der Waals surface area contributed by atoms with Crippen LogP contribution in [0.1, 0.15) is 33.4 Å². The maximum absolute atomic E-state index is 2.40. The van der Waals surface area contributed by atoms with Gasteiger partial charge in [0, 0.05) is 21.4 Å². The van der Waals surface area contributed by atoms with Crippen LogP contribution in [-0.2, 0) is 0 Å². The topological polar surface area (TPSA) is 0 Å². The molecule has 1 aliphatic rings. The molecule has 0 N–H and O–H groups in total. The van der Waals surface area contributed by atoms with E-state index < -0.39 is 0 Å². The summed E-state index contributed by atoms with van der Waals surface area (Å²) in [6, 6.07) is 54.0. The zero-order chi connectivity index (χ0) is 33.4. The van der Waals surface area contributed by atoms with Gasteiger partial charge in [-0.15, -0.1) is 0 Å². The molecule has 1 saturated carbocycles. The van der Waals surface area contributed by atoms with E-state index in [4.69, 9.17) is 0 Å². The van der Waals surface area contributed by atoms with E-state index in [2.05, 4.69) is 281 Å². The van der Waals surface area contributed by atoms with Crippen molar-refractivity contribution in [2.45, 2.75) is 0 Å². The van der Waals surface area contributed by atoms with Gasteiger partial charge < -0.3 is 0 Å². The molecule has 0 saturated heterocycles. The predicted octanol–water partition coefficient (Wildman–Crippen LogP) is 14.1. The van der Waals surface area contributed by atoms with Crippen molar-refractivity contribution in [1.29, 1.82) is 0 Å². The molecule has 0 bridgehead atoms.